The maximum absolute atomic E-state index is 10.3. The second-order valence-corrected chi connectivity index (χ2v) is 12.4. The fourth-order valence-electron chi connectivity index (χ4n) is 9.29. The van der Waals surface area contributed by atoms with Crippen LogP contribution in [0.2, 0.25) is 0 Å². The molecule has 5 rings (SSSR count). The first kappa shape index (κ1) is 21.3. The molecule has 4 fully saturated rings. The van der Waals surface area contributed by atoms with Crippen molar-refractivity contribution in [1.29, 1.82) is 0 Å². The van der Waals surface area contributed by atoms with Gasteiger partial charge in [0.15, 0.2) is 0 Å². The number of hydrogen-bond acceptors (Lipinski definition) is 3. The topological polar surface area (TPSA) is 49.7 Å². The van der Waals surface area contributed by atoms with E-state index in [1.54, 1.807) is 0 Å². The normalized spacial score (nSPS) is 50.9. The van der Waals surface area contributed by atoms with Crippen LogP contribution in [0.1, 0.15) is 91.9 Å². The van der Waals surface area contributed by atoms with Gasteiger partial charge in [-0.2, -0.15) is 0 Å². The Bertz CT molecular complexity index is 700. The second-order valence-electron chi connectivity index (χ2n) is 12.4. The zero-order chi connectivity index (χ0) is 21.3. The zero-order valence-corrected chi connectivity index (χ0v) is 19.7. The minimum absolute atomic E-state index is 0.0486. The lowest BCUT2D eigenvalue weighted by Gasteiger charge is -2.60. The first-order valence-electron chi connectivity index (χ1n) is 12.9. The summed E-state index contributed by atoms with van der Waals surface area (Å²) in [5, 5.41) is 19.7. The van der Waals surface area contributed by atoms with Crippen LogP contribution < -0.4 is 0 Å². The molecular formula is C27H44O3. The number of allylic oxidation sites excluding steroid dienone is 1. The van der Waals surface area contributed by atoms with Crippen LogP contribution in [0.15, 0.2) is 11.3 Å². The number of rotatable bonds is 4. The Morgan fingerprint density at radius 1 is 1.03 bits per heavy atom. The van der Waals surface area contributed by atoms with Gasteiger partial charge in [-0.05, 0) is 111 Å². The SMILES string of the molecule is CC1=C(CC[C@@H](C)CO)O[C@H]2C[C@H]3[C@@H]4CC[C@H]5C[C@@H](O)CC[C@]5(C)[C@H]4CC[C@]3(C)[C@@H]12. The Labute approximate surface area is 183 Å². The van der Waals surface area contributed by atoms with Crippen molar-refractivity contribution in [3.05, 3.63) is 11.3 Å². The molecular weight excluding hydrogens is 372 g/mol. The largest absolute Gasteiger partial charge is 0.494 e. The van der Waals surface area contributed by atoms with Gasteiger partial charge in [0, 0.05) is 18.9 Å². The average molecular weight is 417 g/mol. The second kappa shape index (κ2) is 7.51. The number of hydrogen-bond donors (Lipinski definition) is 2. The minimum Gasteiger partial charge on any atom is -0.494 e. The zero-order valence-electron chi connectivity index (χ0n) is 19.7. The molecule has 170 valence electrons. The van der Waals surface area contributed by atoms with Crippen LogP contribution in [0, 0.1) is 46.3 Å². The lowest BCUT2D eigenvalue weighted by atomic mass is 9.44. The summed E-state index contributed by atoms with van der Waals surface area (Å²) in [5.41, 5.74) is 2.39. The van der Waals surface area contributed by atoms with Gasteiger partial charge in [-0.3, -0.25) is 0 Å². The Balaban J connectivity index is 1.36. The van der Waals surface area contributed by atoms with E-state index in [-0.39, 0.29) is 12.7 Å². The molecule has 10 atom stereocenters. The van der Waals surface area contributed by atoms with Crippen molar-refractivity contribution >= 4 is 0 Å². The van der Waals surface area contributed by atoms with E-state index in [4.69, 9.17) is 4.74 Å². The van der Waals surface area contributed by atoms with E-state index in [1.165, 1.54) is 49.9 Å². The molecule has 0 spiro atoms. The molecule has 0 aromatic carbocycles. The molecule has 3 nitrogen and oxygen atoms in total. The van der Waals surface area contributed by atoms with Crippen LogP contribution in [-0.4, -0.2) is 29.0 Å². The van der Waals surface area contributed by atoms with Crippen molar-refractivity contribution in [2.45, 2.75) is 104 Å². The third kappa shape index (κ3) is 3.04. The molecule has 30 heavy (non-hydrogen) atoms. The molecule has 0 saturated heterocycles. The fraction of sp³-hybridized carbons (Fsp3) is 0.926. The molecule has 0 radical (unpaired) electrons. The Morgan fingerprint density at radius 3 is 2.57 bits per heavy atom. The van der Waals surface area contributed by atoms with Crippen molar-refractivity contribution in [2.75, 3.05) is 6.61 Å². The van der Waals surface area contributed by atoms with E-state index < -0.39 is 0 Å². The number of aliphatic hydroxyl groups excluding tert-OH is 2. The van der Waals surface area contributed by atoms with Crippen LogP contribution in [0.4, 0.5) is 0 Å². The van der Waals surface area contributed by atoms with Crippen molar-refractivity contribution in [2.24, 2.45) is 46.3 Å². The molecule has 4 aliphatic carbocycles. The predicted octanol–water partition coefficient (Wildman–Crippen LogP) is 5.70. The average Bonchev–Trinajstić information content (AvgIpc) is 3.20. The van der Waals surface area contributed by atoms with Gasteiger partial charge in [-0.15, -0.1) is 0 Å². The number of fused-ring (bicyclic) bond motifs is 7. The summed E-state index contributed by atoms with van der Waals surface area (Å²) in [4.78, 5) is 0. The van der Waals surface area contributed by atoms with E-state index in [1.807, 2.05) is 0 Å². The Hall–Kier alpha value is -0.540. The molecule has 1 heterocycles. The Morgan fingerprint density at radius 2 is 1.80 bits per heavy atom. The third-order valence-corrected chi connectivity index (χ3v) is 11.0. The van der Waals surface area contributed by atoms with E-state index in [0.717, 1.165) is 49.4 Å². The molecule has 4 saturated carbocycles. The maximum atomic E-state index is 10.3. The minimum atomic E-state index is -0.0486. The molecule has 2 N–H and O–H groups in total. The van der Waals surface area contributed by atoms with Gasteiger partial charge in [-0.25, -0.2) is 0 Å². The van der Waals surface area contributed by atoms with E-state index in [0.29, 0.717) is 28.8 Å². The van der Waals surface area contributed by atoms with Crippen LogP contribution in [0.5, 0.6) is 0 Å². The first-order chi connectivity index (χ1) is 14.3. The maximum Gasteiger partial charge on any atom is 0.106 e. The Kier molecular flexibility index (Phi) is 5.33. The quantitative estimate of drug-likeness (QED) is 0.618. The van der Waals surface area contributed by atoms with E-state index in [2.05, 4.69) is 27.7 Å². The highest BCUT2D eigenvalue weighted by Crippen LogP contribution is 2.69. The van der Waals surface area contributed by atoms with Crippen LogP contribution in [-0.2, 0) is 4.74 Å². The van der Waals surface area contributed by atoms with E-state index >= 15 is 0 Å². The fourth-order valence-corrected chi connectivity index (χ4v) is 9.29. The molecule has 0 amide bonds. The van der Waals surface area contributed by atoms with Gasteiger partial charge in [0.1, 0.15) is 6.10 Å². The van der Waals surface area contributed by atoms with Gasteiger partial charge < -0.3 is 14.9 Å². The smallest absolute Gasteiger partial charge is 0.106 e. The molecule has 5 aliphatic rings. The van der Waals surface area contributed by atoms with Crippen LogP contribution in [0.25, 0.3) is 0 Å². The summed E-state index contributed by atoms with van der Waals surface area (Å²) in [6, 6.07) is 0. The molecule has 0 aromatic rings. The number of ether oxygens (including phenoxy) is 1. The third-order valence-electron chi connectivity index (χ3n) is 11.0. The lowest BCUT2D eigenvalue weighted by Crippen LogP contribution is -2.54. The number of aliphatic hydroxyl groups is 2. The highest BCUT2D eigenvalue weighted by Gasteiger charge is 2.64. The monoisotopic (exact) mass is 416 g/mol. The van der Waals surface area contributed by atoms with Gasteiger partial charge in [-0.1, -0.05) is 20.8 Å². The molecule has 0 unspecified atom stereocenters. The molecule has 3 heteroatoms. The van der Waals surface area contributed by atoms with Gasteiger partial charge in [0.05, 0.1) is 11.9 Å². The first-order valence-corrected chi connectivity index (χ1v) is 12.9. The van der Waals surface area contributed by atoms with E-state index in [9.17, 15) is 10.2 Å². The van der Waals surface area contributed by atoms with Crippen LogP contribution in [0.3, 0.4) is 0 Å². The standard InChI is InChI=1S/C27H44O3/c1-16(15-28)5-8-23-17(2)25-24(30-23)14-22-20-7-6-18-13-19(29)9-11-26(18,3)21(20)10-12-27(22,25)4/h16,18-22,24-25,28-29H,5-15H2,1-4H3/t16-,18+,19+,20-,21+,22+,24+,25+,26+,27+/m1/s1. The van der Waals surface area contributed by atoms with Gasteiger partial charge in [0.25, 0.3) is 0 Å². The summed E-state index contributed by atoms with van der Waals surface area (Å²) in [6.45, 7) is 9.94. The highest BCUT2D eigenvalue weighted by atomic mass is 16.5. The van der Waals surface area contributed by atoms with Crippen molar-refractivity contribution < 1.29 is 14.9 Å². The summed E-state index contributed by atoms with van der Waals surface area (Å²) >= 11 is 0. The summed E-state index contributed by atoms with van der Waals surface area (Å²) in [5.74, 6) is 5.49. The van der Waals surface area contributed by atoms with Gasteiger partial charge >= 0.3 is 0 Å². The van der Waals surface area contributed by atoms with Crippen molar-refractivity contribution in [1.82, 2.24) is 0 Å². The molecule has 0 bridgehead atoms. The van der Waals surface area contributed by atoms with Gasteiger partial charge in [0.2, 0.25) is 0 Å². The summed E-state index contributed by atoms with van der Waals surface area (Å²) in [7, 11) is 0. The summed E-state index contributed by atoms with van der Waals surface area (Å²) < 4.78 is 6.64. The predicted molar refractivity (Wildman–Crippen MR) is 120 cm³/mol. The van der Waals surface area contributed by atoms with Crippen molar-refractivity contribution in [3.8, 4) is 0 Å². The van der Waals surface area contributed by atoms with Crippen molar-refractivity contribution in [3.63, 3.8) is 0 Å². The lowest BCUT2D eigenvalue weighted by molar-refractivity contribution is -0.124. The molecule has 0 aromatic heterocycles. The highest BCUT2D eigenvalue weighted by molar-refractivity contribution is 5.26. The summed E-state index contributed by atoms with van der Waals surface area (Å²) in [6.07, 6.45) is 12.4. The molecule has 1 aliphatic heterocycles. The van der Waals surface area contributed by atoms with Crippen LogP contribution >= 0.6 is 0 Å².